The first-order chi connectivity index (χ1) is 17.8. The zero-order valence-corrected chi connectivity index (χ0v) is 20.9. The number of aliphatic hydroxyl groups is 2. The number of anilines is 2. The fraction of sp³-hybridized carbons (Fsp3) is 0.310. The average molecular weight is 506 g/mol. The highest BCUT2D eigenvalue weighted by Gasteiger charge is 2.48. The summed E-state index contributed by atoms with van der Waals surface area (Å²) in [6.45, 7) is 3.28. The first-order valence-electron chi connectivity index (χ1n) is 12.3. The molecule has 4 rings (SSSR count). The number of benzene rings is 3. The Morgan fingerprint density at radius 1 is 1.00 bits per heavy atom. The third kappa shape index (κ3) is 5.60. The van der Waals surface area contributed by atoms with Crippen molar-refractivity contribution in [2.24, 2.45) is 0 Å². The molecule has 0 heterocycles. The smallest absolute Gasteiger partial charge is 0.419 e. The highest BCUT2D eigenvalue weighted by Crippen LogP contribution is 2.44. The molecule has 8 nitrogen and oxygen atoms in total. The Morgan fingerprint density at radius 3 is 2.22 bits per heavy atom. The van der Waals surface area contributed by atoms with Crippen LogP contribution in [0.3, 0.4) is 0 Å². The molecule has 0 fully saturated rings. The van der Waals surface area contributed by atoms with Crippen LogP contribution in [0.1, 0.15) is 37.5 Å². The van der Waals surface area contributed by atoms with Crippen molar-refractivity contribution in [3.63, 3.8) is 0 Å². The highest BCUT2D eigenvalue weighted by molar-refractivity contribution is 5.96. The average Bonchev–Trinajstić information content (AvgIpc) is 2.91. The Morgan fingerprint density at radius 2 is 1.62 bits per heavy atom. The van der Waals surface area contributed by atoms with Gasteiger partial charge in [0.2, 0.25) is 0 Å². The van der Waals surface area contributed by atoms with Gasteiger partial charge in [0.05, 0.1) is 18.0 Å². The number of fused-ring (bicyclic) bond motifs is 1. The molecular weight excluding hydrogens is 474 g/mol. The fourth-order valence-electron chi connectivity index (χ4n) is 4.56. The fourth-order valence-corrected chi connectivity index (χ4v) is 4.56. The number of esters is 1. The lowest BCUT2D eigenvalue weighted by molar-refractivity contribution is -0.151. The maximum Gasteiger partial charge on any atom is 0.419 e. The van der Waals surface area contributed by atoms with E-state index in [4.69, 9.17) is 14.2 Å². The van der Waals surface area contributed by atoms with Crippen LogP contribution < -0.4 is 9.64 Å². The molecule has 1 aliphatic rings. The van der Waals surface area contributed by atoms with Crippen molar-refractivity contribution in [2.75, 3.05) is 18.1 Å². The minimum absolute atomic E-state index is 0.117. The van der Waals surface area contributed by atoms with Crippen molar-refractivity contribution in [3.05, 3.63) is 90.0 Å². The van der Waals surface area contributed by atoms with Crippen molar-refractivity contribution in [1.82, 2.24) is 0 Å². The van der Waals surface area contributed by atoms with Crippen molar-refractivity contribution < 1.29 is 34.0 Å². The molecule has 0 saturated heterocycles. The van der Waals surface area contributed by atoms with E-state index in [1.54, 1.807) is 56.3 Å². The van der Waals surface area contributed by atoms with Crippen LogP contribution in [0.5, 0.6) is 5.75 Å². The van der Waals surface area contributed by atoms with E-state index >= 15 is 0 Å². The van der Waals surface area contributed by atoms with E-state index in [1.807, 2.05) is 36.4 Å². The van der Waals surface area contributed by atoms with Gasteiger partial charge in [-0.1, -0.05) is 48.5 Å². The number of rotatable bonds is 8. The molecule has 3 aromatic rings. The number of nitrogens with zero attached hydrogens (tertiary/aromatic N) is 1. The van der Waals surface area contributed by atoms with Crippen LogP contribution in [0.15, 0.2) is 78.9 Å². The summed E-state index contributed by atoms with van der Waals surface area (Å²) >= 11 is 0. The van der Waals surface area contributed by atoms with Crippen LogP contribution in [0, 0.1) is 0 Å². The van der Waals surface area contributed by atoms with Gasteiger partial charge < -0.3 is 24.4 Å². The summed E-state index contributed by atoms with van der Waals surface area (Å²) in [4.78, 5) is 26.5. The van der Waals surface area contributed by atoms with Gasteiger partial charge in [-0.3, -0.25) is 0 Å². The van der Waals surface area contributed by atoms with Gasteiger partial charge in [-0.05, 0) is 62.6 Å². The number of carbonyl (C=O) groups excluding carboxylic acids is 2. The second-order valence-electron chi connectivity index (χ2n) is 8.84. The minimum atomic E-state index is -1.73. The molecule has 194 valence electrons. The number of carbonyl (C=O) groups is 2. The summed E-state index contributed by atoms with van der Waals surface area (Å²) in [5, 5.41) is 22.8. The highest BCUT2D eigenvalue weighted by atomic mass is 16.6. The van der Waals surface area contributed by atoms with E-state index in [1.165, 1.54) is 4.90 Å². The van der Waals surface area contributed by atoms with Crippen LogP contribution in [0.25, 0.3) is 0 Å². The lowest BCUT2D eigenvalue weighted by Crippen LogP contribution is -2.51. The van der Waals surface area contributed by atoms with Crippen molar-refractivity contribution in [3.8, 4) is 5.75 Å². The van der Waals surface area contributed by atoms with Crippen LogP contribution >= 0.6 is 0 Å². The molecule has 37 heavy (non-hydrogen) atoms. The Bertz CT molecular complexity index is 1180. The molecule has 8 heteroatoms. The van der Waals surface area contributed by atoms with Crippen LogP contribution in [0.4, 0.5) is 16.2 Å². The second kappa shape index (κ2) is 11.5. The molecule has 1 aliphatic carbocycles. The largest absolute Gasteiger partial charge is 0.482 e. The standard InChI is InChI=1S/C29H31NO7/c1-3-35-26(31)19-36-25-16-10-15-24-23(25)17-18-29(34,27(24)32)20(2)37-28(33)30(21-11-6-4-7-12-21)22-13-8-5-9-14-22/h4-16,20,27,32,34H,3,17-19H2,1-2H3. The van der Waals surface area contributed by atoms with Crippen LogP contribution in [-0.4, -0.2) is 47.2 Å². The molecule has 0 saturated carbocycles. The van der Waals surface area contributed by atoms with Gasteiger partial charge in [0.1, 0.15) is 23.6 Å². The number of amides is 1. The number of ether oxygens (including phenoxy) is 3. The normalized spacial score (nSPS) is 19.3. The maximum atomic E-state index is 13.4. The van der Waals surface area contributed by atoms with E-state index < -0.39 is 29.9 Å². The Hall–Kier alpha value is -3.88. The van der Waals surface area contributed by atoms with E-state index in [2.05, 4.69) is 0 Å². The monoisotopic (exact) mass is 505 g/mol. The SMILES string of the molecule is CCOC(=O)COc1cccc2c1CCC(O)(C(C)OC(=O)N(c1ccccc1)c1ccccc1)C2O. The van der Waals surface area contributed by atoms with Gasteiger partial charge >= 0.3 is 12.1 Å². The maximum absolute atomic E-state index is 13.4. The summed E-state index contributed by atoms with van der Waals surface area (Å²) in [7, 11) is 0. The summed E-state index contributed by atoms with van der Waals surface area (Å²) in [5.41, 5.74) is 0.631. The first kappa shape index (κ1) is 26.2. The van der Waals surface area contributed by atoms with E-state index in [9.17, 15) is 19.8 Å². The summed E-state index contributed by atoms with van der Waals surface area (Å²) in [5.74, 6) is -0.0504. The zero-order valence-electron chi connectivity index (χ0n) is 20.9. The Labute approximate surface area is 216 Å². The Kier molecular flexibility index (Phi) is 8.11. The predicted octanol–water partition coefficient (Wildman–Crippen LogP) is 4.70. The zero-order chi connectivity index (χ0) is 26.4. The second-order valence-corrected chi connectivity index (χ2v) is 8.84. The third-order valence-corrected chi connectivity index (χ3v) is 6.56. The molecule has 1 amide bonds. The Balaban J connectivity index is 1.54. The van der Waals surface area contributed by atoms with Gasteiger partial charge in [-0.2, -0.15) is 0 Å². The predicted molar refractivity (Wildman–Crippen MR) is 138 cm³/mol. The lowest BCUT2D eigenvalue weighted by atomic mass is 9.75. The number of aliphatic hydroxyl groups excluding tert-OH is 1. The molecule has 0 bridgehead atoms. The van der Waals surface area contributed by atoms with E-state index in [0.29, 0.717) is 34.7 Å². The summed E-state index contributed by atoms with van der Waals surface area (Å²) in [6.07, 6.45) is -2.59. The number of hydrogen-bond acceptors (Lipinski definition) is 7. The van der Waals surface area contributed by atoms with Gasteiger partial charge in [0, 0.05) is 5.56 Å². The third-order valence-electron chi connectivity index (χ3n) is 6.56. The van der Waals surface area contributed by atoms with Gasteiger partial charge in [0.15, 0.2) is 6.61 Å². The minimum Gasteiger partial charge on any atom is -0.482 e. The van der Waals surface area contributed by atoms with Crippen molar-refractivity contribution in [1.29, 1.82) is 0 Å². The molecule has 2 N–H and O–H groups in total. The molecule has 3 atom stereocenters. The van der Waals surface area contributed by atoms with Gasteiger partial charge in [-0.15, -0.1) is 0 Å². The summed E-state index contributed by atoms with van der Waals surface area (Å²) in [6, 6.07) is 23.2. The van der Waals surface area contributed by atoms with Crippen molar-refractivity contribution >= 4 is 23.4 Å². The van der Waals surface area contributed by atoms with E-state index in [0.717, 1.165) is 0 Å². The molecule has 3 unspecified atom stereocenters. The number of para-hydroxylation sites is 2. The van der Waals surface area contributed by atoms with Gasteiger partial charge in [-0.25, -0.2) is 14.5 Å². The molecule has 0 aromatic heterocycles. The molecule has 0 spiro atoms. The lowest BCUT2D eigenvalue weighted by Gasteiger charge is -2.42. The van der Waals surface area contributed by atoms with Crippen LogP contribution in [0.2, 0.25) is 0 Å². The van der Waals surface area contributed by atoms with E-state index in [-0.39, 0.29) is 19.6 Å². The van der Waals surface area contributed by atoms with Gasteiger partial charge in [0.25, 0.3) is 0 Å². The van der Waals surface area contributed by atoms with Crippen molar-refractivity contribution in [2.45, 2.75) is 44.5 Å². The summed E-state index contributed by atoms with van der Waals surface area (Å²) < 4.78 is 16.3. The van der Waals surface area contributed by atoms with Crippen LogP contribution in [-0.2, 0) is 20.7 Å². The molecule has 0 aliphatic heterocycles. The molecule has 0 radical (unpaired) electrons. The molecule has 3 aromatic carbocycles. The quantitative estimate of drug-likeness (QED) is 0.428. The topological polar surface area (TPSA) is 106 Å². The first-order valence-corrected chi connectivity index (χ1v) is 12.3. The number of hydrogen-bond donors (Lipinski definition) is 2. The molecular formula is C29H31NO7.